The van der Waals surface area contributed by atoms with E-state index in [4.69, 9.17) is 27.9 Å². The van der Waals surface area contributed by atoms with Gasteiger partial charge in [0.05, 0.1) is 15.7 Å². The van der Waals surface area contributed by atoms with Gasteiger partial charge in [0.15, 0.2) is 6.61 Å². The third-order valence-corrected chi connectivity index (χ3v) is 4.39. The van der Waals surface area contributed by atoms with Gasteiger partial charge in [-0.2, -0.15) is 0 Å². The molecule has 2 amide bonds. The third kappa shape index (κ3) is 3.62. The van der Waals surface area contributed by atoms with Crippen LogP contribution in [0.25, 0.3) is 0 Å². The Bertz CT molecular complexity index is 867. The van der Waals surface area contributed by atoms with E-state index in [1.807, 2.05) is 0 Å². The van der Waals surface area contributed by atoms with E-state index in [0.29, 0.717) is 39.3 Å². The molecule has 0 unspecified atom stereocenters. The average molecular weight is 377 g/mol. The number of amides is 2. The van der Waals surface area contributed by atoms with Crippen LogP contribution in [0.4, 0.5) is 11.4 Å². The zero-order valence-electron chi connectivity index (χ0n) is 13.1. The van der Waals surface area contributed by atoms with Crippen molar-refractivity contribution in [2.24, 2.45) is 0 Å². The Morgan fingerprint density at radius 1 is 1.24 bits per heavy atom. The minimum atomic E-state index is -0.326. The van der Waals surface area contributed by atoms with Gasteiger partial charge in [-0.15, -0.1) is 6.58 Å². The number of halogens is 2. The van der Waals surface area contributed by atoms with Crippen LogP contribution in [-0.2, 0) is 4.79 Å². The molecule has 0 fully saturated rings. The number of hydrogen-bond donors (Lipinski definition) is 1. The maximum atomic E-state index is 12.3. The molecule has 5 nitrogen and oxygen atoms in total. The zero-order chi connectivity index (χ0) is 18.0. The predicted molar refractivity (Wildman–Crippen MR) is 98.9 cm³/mol. The molecule has 2 aromatic carbocycles. The van der Waals surface area contributed by atoms with Crippen molar-refractivity contribution in [3.63, 3.8) is 0 Å². The molecule has 0 spiro atoms. The smallest absolute Gasteiger partial charge is 0.265 e. The van der Waals surface area contributed by atoms with Crippen molar-refractivity contribution >= 4 is 46.4 Å². The highest BCUT2D eigenvalue weighted by molar-refractivity contribution is 6.42. The first kappa shape index (κ1) is 17.3. The summed E-state index contributed by atoms with van der Waals surface area (Å²) in [7, 11) is 0. The number of fused-ring (bicyclic) bond motifs is 1. The summed E-state index contributed by atoms with van der Waals surface area (Å²) in [5.41, 5.74) is 1.57. The molecule has 0 aromatic heterocycles. The molecule has 0 radical (unpaired) electrons. The highest BCUT2D eigenvalue weighted by atomic mass is 35.5. The summed E-state index contributed by atoms with van der Waals surface area (Å²) in [6, 6.07) is 9.75. The minimum Gasteiger partial charge on any atom is -0.481 e. The minimum absolute atomic E-state index is 0.0506. The van der Waals surface area contributed by atoms with E-state index in [9.17, 15) is 9.59 Å². The third-order valence-electron chi connectivity index (χ3n) is 3.65. The highest BCUT2D eigenvalue weighted by Crippen LogP contribution is 2.34. The summed E-state index contributed by atoms with van der Waals surface area (Å²) in [6.07, 6.45) is 1.65. The van der Waals surface area contributed by atoms with Crippen LogP contribution in [0.5, 0.6) is 5.75 Å². The molecule has 0 atom stereocenters. The lowest BCUT2D eigenvalue weighted by molar-refractivity contribution is -0.121. The summed E-state index contributed by atoms with van der Waals surface area (Å²) in [5.74, 6) is 0.0572. The molecule has 3 rings (SSSR count). The molecule has 7 heteroatoms. The summed E-state index contributed by atoms with van der Waals surface area (Å²) >= 11 is 11.8. The van der Waals surface area contributed by atoms with Gasteiger partial charge in [-0.3, -0.25) is 9.59 Å². The Kier molecular flexibility index (Phi) is 4.97. The number of hydrogen-bond acceptors (Lipinski definition) is 3. The Morgan fingerprint density at radius 3 is 2.76 bits per heavy atom. The van der Waals surface area contributed by atoms with Crippen molar-refractivity contribution in [1.82, 2.24) is 0 Å². The van der Waals surface area contributed by atoms with Crippen LogP contribution >= 0.6 is 23.2 Å². The Balaban J connectivity index is 1.82. The van der Waals surface area contributed by atoms with Crippen LogP contribution in [0.2, 0.25) is 10.0 Å². The predicted octanol–water partition coefficient (Wildman–Crippen LogP) is 4.16. The van der Waals surface area contributed by atoms with E-state index in [0.717, 1.165) is 0 Å². The molecule has 0 bridgehead atoms. The summed E-state index contributed by atoms with van der Waals surface area (Å²) in [4.78, 5) is 25.8. The van der Waals surface area contributed by atoms with Gasteiger partial charge in [-0.1, -0.05) is 29.3 Å². The maximum Gasteiger partial charge on any atom is 0.265 e. The van der Waals surface area contributed by atoms with Gasteiger partial charge in [0.2, 0.25) is 0 Å². The molecule has 1 heterocycles. The number of benzene rings is 2. The number of rotatable bonds is 4. The number of ether oxygens (including phenoxy) is 1. The lowest BCUT2D eigenvalue weighted by Gasteiger charge is -2.28. The monoisotopic (exact) mass is 376 g/mol. The van der Waals surface area contributed by atoms with Crippen molar-refractivity contribution in [2.45, 2.75) is 0 Å². The SMILES string of the molecule is C=CCN1C(=O)COc2cc(NC(=O)c3ccc(Cl)c(Cl)c3)ccc21. The normalized spacial score (nSPS) is 13.0. The van der Waals surface area contributed by atoms with Gasteiger partial charge < -0.3 is 15.0 Å². The first-order chi connectivity index (χ1) is 12.0. The highest BCUT2D eigenvalue weighted by Gasteiger charge is 2.24. The van der Waals surface area contributed by atoms with Crippen molar-refractivity contribution < 1.29 is 14.3 Å². The summed E-state index contributed by atoms with van der Waals surface area (Å²) < 4.78 is 5.46. The Morgan fingerprint density at radius 2 is 2.04 bits per heavy atom. The van der Waals surface area contributed by atoms with E-state index < -0.39 is 0 Å². The van der Waals surface area contributed by atoms with E-state index in [2.05, 4.69) is 11.9 Å². The molecule has 0 saturated heterocycles. The number of nitrogens with one attached hydrogen (secondary N) is 1. The topological polar surface area (TPSA) is 58.6 Å². The fourth-order valence-corrected chi connectivity index (χ4v) is 2.75. The van der Waals surface area contributed by atoms with Crippen LogP contribution in [0, 0.1) is 0 Å². The van der Waals surface area contributed by atoms with Gasteiger partial charge in [0, 0.05) is 23.9 Å². The van der Waals surface area contributed by atoms with Crippen molar-refractivity contribution in [2.75, 3.05) is 23.4 Å². The number of carbonyl (C=O) groups excluding carboxylic acids is 2. The van der Waals surface area contributed by atoms with Crippen LogP contribution in [-0.4, -0.2) is 25.0 Å². The quantitative estimate of drug-likeness (QED) is 0.815. The molecule has 0 aliphatic carbocycles. The summed E-state index contributed by atoms with van der Waals surface area (Å²) in [5, 5.41) is 3.46. The van der Waals surface area contributed by atoms with Crippen LogP contribution in [0.15, 0.2) is 49.1 Å². The standard InChI is InChI=1S/C18H14Cl2N2O3/c1-2-7-22-15-6-4-12(9-16(15)25-10-17(22)23)21-18(24)11-3-5-13(19)14(20)8-11/h2-6,8-9H,1,7,10H2,(H,21,24). The van der Waals surface area contributed by atoms with Crippen molar-refractivity contribution in [3.05, 3.63) is 64.7 Å². The van der Waals surface area contributed by atoms with E-state index in [-0.39, 0.29) is 18.4 Å². The molecule has 1 aliphatic rings. The van der Waals surface area contributed by atoms with Gasteiger partial charge in [0.25, 0.3) is 11.8 Å². The second-order valence-corrected chi connectivity index (χ2v) is 6.16. The molecular weight excluding hydrogens is 363 g/mol. The maximum absolute atomic E-state index is 12.3. The van der Waals surface area contributed by atoms with Crippen LogP contribution in [0.3, 0.4) is 0 Å². The molecule has 1 N–H and O–H groups in total. The number of nitrogens with zero attached hydrogens (tertiary/aromatic N) is 1. The summed E-state index contributed by atoms with van der Waals surface area (Å²) in [6.45, 7) is 4.00. The van der Waals surface area contributed by atoms with E-state index in [1.165, 1.54) is 6.07 Å². The Hall–Kier alpha value is -2.50. The van der Waals surface area contributed by atoms with E-state index in [1.54, 1.807) is 41.3 Å². The first-order valence-corrected chi connectivity index (χ1v) is 8.19. The fourth-order valence-electron chi connectivity index (χ4n) is 2.45. The second kappa shape index (κ2) is 7.17. The van der Waals surface area contributed by atoms with E-state index >= 15 is 0 Å². The van der Waals surface area contributed by atoms with Gasteiger partial charge in [-0.25, -0.2) is 0 Å². The van der Waals surface area contributed by atoms with Crippen LogP contribution in [0.1, 0.15) is 10.4 Å². The second-order valence-electron chi connectivity index (χ2n) is 5.35. The number of anilines is 2. The number of carbonyl (C=O) groups is 2. The van der Waals surface area contributed by atoms with Crippen molar-refractivity contribution in [1.29, 1.82) is 0 Å². The molecular formula is C18H14Cl2N2O3. The van der Waals surface area contributed by atoms with Crippen molar-refractivity contribution in [3.8, 4) is 5.75 Å². The molecule has 1 aliphatic heterocycles. The molecule has 2 aromatic rings. The van der Waals surface area contributed by atoms with Gasteiger partial charge in [-0.05, 0) is 30.3 Å². The largest absolute Gasteiger partial charge is 0.481 e. The lowest BCUT2D eigenvalue weighted by atomic mass is 10.2. The molecule has 25 heavy (non-hydrogen) atoms. The fraction of sp³-hybridized carbons (Fsp3) is 0.111. The van der Waals surface area contributed by atoms with Gasteiger partial charge >= 0.3 is 0 Å². The van der Waals surface area contributed by atoms with Crippen LogP contribution < -0.4 is 15.0 Å². The first-order valence-electron chi connectivity index (χ1n) is 7.44. The average Bonchev–Trinajstić information content (AvgIpc) is 2.60. The van der Waals surface area contributed by atoms with Gasteiger partial charge in [0.1, 0.15) is 5.75 Å². The zero-order valence-corrected chi connectivity index (χ0v) is 14.6. The molecule has 0 saturated carbocycles. The lowest BCUT2D eigenvalue weighted by Crippen LogP contribution is -2.38. The Labute approximate surface area is 154 Å². The molecule has 128 valence electrons.